The van der Waals surface area contributed by atoms with E-state index in [2.05, 4.69) is 48.3 Å². The van der Waals surface area contributed by atoms with E-state index < -0.39 is 0 Å². The van der Waals surface area contributed by atoms with Crippen LogP contribution in [0.3, 0.4) is 0 Å². The molecule has 0 saturated heterocycles. The molecule has 0 unspecified atom stereocenters. The van der Waals surface area contributed by atoms with Gasteiger partial charge in [0.2, 0.25) is 5.91 Å². The standard InChI is InChI=1S/C23H28N2O2/c1-3-17-6-5-7-18(4-2)23(17)24-22(27)16-25-14-12-20(13-15-25)19-8-10-21(26)11-9-19/h5-12,26H,3-4,13-16H2,1-2H3,(H,24,27). The second kappa shape index (κ2) is 8.87. The van der Waals surface area contributed by atoms with E-state index in [0.717, 1.165) is 43.6 Å². The normalized spacial score (nSPS) is 14.7. The molecule has 1 heterocycles. The number of nitrogens with one attached hydrogen (secondary N) is 1. The molecule has 0 spiro atoms. The van der Waals surface area contributed by atoms with Crippen LogP contribution in [0.2, 0.25) is 0 Å². The Morgan fingerprint density at radius 2 is 1.74 bits per heavy atom. The maximum absolute atomic E-state index is 12.6. The highest BCUT2D eigenvalue weighted by Gasteiger charge is 2.17. The fourth-order valence-electron chi connectivity index (χ4n) is 3.58. The molecule has 0 radical (unpaired) electrons. The molecule has 1 aliphatic heterocycles. The van der Waals surface area contributed by atoms with Gasteiger partial charge in [-0.2, -0.15) is 0 Å². The maximum atomic E-state index is 12.6. The minimum absolute atomic E-state index is 0.0482. The third kappa shape index (κ3) is 4.77. The van der Waals surface area contributed by atoms with Gasteiger partial charge in [-0.05, 0) is 53.7 Å². The number of aromatic hydroxyl groups is 1. The van der Waals surface area contributed by atoms with Crippen LogP contribution < -0.4 is 5.32 Å². The van der Waals surface area contributed by atoms with Crippen molar-refractivity contribution in [3.05, 3.63) is 65.2 Å². The fourth-order valence-corrected chi connectivity index (χ4v) is 3.58. The molecule has 27 heavy (non-hydrogen) atoms. The van der Waals surface area contributed by atoms with Crippen LogP contribution in [-0.4, -0.2) is 35.5 Å². The fraction of sp³-hybridized carbons (Fsp3) is 0.348. The second-order valence-corrected chi connectivity index (χ2v) is 6.97. The first kappa shape index (κ1) is 19.2. The molecule has 0 atom stereocenters. The van der Waals surface area contributed by atoms with Gasteiger partial charge in [0, 0.05) is 18.8 Å². The molecule has 1 amide bonds. The van der Waals surface area contributed by atoms with Crippen molar-refractivity contribution < 1.29 is 9.90 Å². The lowest BCUT2D eigenvalue weighted by Gasteiger charge is -2.26. The topological polar surface area (TPSA) is 52.6 Å². The summed E-state index contributed by atoms with van der Waals surface area (Å²) >= 11 is 0. The molecule has 0 fully saturated rings. The van der Waals surface area contributed by atoms with Gasteiger partial charge in [-0.15, -0.1) is 0 Å². The summed E-state index contributed by atoms with van der Waals surface area (Å²) in [6.45, 7) is 6.26. The minimum atomic E-state index is 0.0482. The van der Waals surface area contributed by atoms with E-state index in [9.17, 15) is 9.90 Å². The predicted octanol–water partition coefficient (Wildman–Crippen LogP) is 4.24. The summed E-state index contributed by atoms with van der Waals surface area (Å²) in [5, 5.41) is 12.6. The van der Waals surface area contributed by atoms with Crippen molar-refractivity contribution in [3.8, 4) is 5.75 Å². The Labute approximate surface area is 161 Å². The summed E-state index contributed by atoms with van der Waals surface area (Å²) in [5.74, 6) is 0.333. The number of anilines is 1. The highest BCUT2D eigenvalue weighted by Crippen LogP contribution is 2.25. The quantitative estimate of drug-likeness (QED) is 0.806. The van der Waals surface area contributed by atoms with Crippen molar-refractivity contribution in [2.75, 3.05) is 25.0 Å². The number of hydrogen-bond acceptors (Lipinski definition) is 3. The number of hydrogen-bond donors (Lipinski definition) is 2. The van der Waals surface area contributed by atoms with Crippen LogP contribution in [0, 0.1) is 0 Å². The average Bonchev–Trinajstić information content (AvgIpc) is 2.69. The Balaban J connectivity index is 1.61. The number of para-hydroxylation sites is 1. The van der Waals surface area contributed by atoms with Gasteiger partial charge in [0.1, 0.15) is 5.75 Å². The molecule has 3 rings (SSSR count). The smallest absolute Gasteiger partial charge is 0.238 e. The molecule has 2 N–H and O–H groups in total. The zero-order chi connectivity index (χ0) is 19.2. The number of phenolic OH excluding ortho intramolecular Hbond substituents is 1. The van der Waals surface area contributed by atoms with Gasteiger partial charge in [0.15, 0.2) is 0 Å². The van der Waals surface area contributed by atoms with Gasteiger partial charge in [-0.25, -0.2) is 0 Å². The molecular weight excluding hydrogens is 336 g/mol. The van der Waals surface area contributed by atoms with E-state index in [4.69, 9.17) is 0 Å². The van der Waals surface area contributed by atoms with Crippen LogP contribution in [0.25, 0.3) is 5.57 Å². The van der Waals surface area contributed by atoms with E-state index in [1.165, 1.54) is 16.7 Å². The van der Waals surface area contributed by atoms with Crippen LogP contribution >= 0.6 is 0 Å². The maximum Gasteiger partial charge on any atom is 0.238 e. The Bertz CT molecular complexity index is 803. The number of phenols is 1. The van der Waals surface area contributed by atoms with Crippen molar-refractivity contribution in [1.82, 2.24) is 4.90 Å². The third-order valence-corrected chi connectivity index (χ3v) is 5.16. The van der Waals surface area contributed by atoms with Crippen molar-refractivity contribution >= 4 is 17.2 Å². The van der Waals surface area contributed by atoms with E-state index in [1.807, 2.05) is 12.1 Å². The number of rotatable bonds is 6. The summed E-state index contributed by atoms with van der Waals surface area (Å²) in [6.07, 6.45) is 4.90. The number of carbonyl (C=O) groups excluding carboxylic acids is 1. The molecule has 4 nitrogen and oxygen atoms in total. The lowest BCUT2D eigenvalue weighted by atomic mass is 9.99. The van der Waals surface area contributed by atoms with Crippen LogP contribution in [0.5, 0.6) is 5.75 Å². The summed E-state index contributed by atoms with van der Waals surface area (Å²) < 4.78 is 0. The van der Waals surface area contributed by atoms with Gasteiger partial charge < -0.3 is 10.4 Å². The molecule has 1 aliphatic rings. The first-order chi connectivity index (χ1) is 13.1. The lowest BCUT2D eigenvalue weighted by molar-refractivity contribution is -0.117. The average molecular weight is 364 g/mol. The van der Waals surface area contributed by atoms with Crippen molar-refractivity contribution in [2.24, 2.45) is 0 Å². The number of carbonyl (C=O) groups is 1. The highest BCUT2D eigenvalue weighted by atomic mass is 16.3. The Kier molecular flexibility index (Phi) is 6.30. The van der Waals surface area contributed by atoms with Crippen molar-refractivity contribution in [2.45, 2.75) is 33.1 Å². The third-order valence-electron chi connectivity index (χ3n) is 5.16. The lowest BCUT2D eigenvalue weighted by Crippen LogP contribution is -2.36. The van der Waals surface area contributed by atoms with Crippen molar-refractivity contribution in [3.63, 3.8) is 0 Å². The molecule has 142 valence electrons. The number of amides is 1. The van der Waals surface area contributed by atoms with Crippen molar-refractivity contribution in [1.29, 1.82) is 0 Å². The summed E-state index contributed by atoms with van der Waals surface area (Å²) in [6, 6.07) is 13.5. The van der Waals surface area contributed by atoms with E-state index in [-0.39, 0.29) is 11.7 Å². The van der Waals surface area contributed by atoms with Gasteiger partial charge in [0.05, 0.1) is 6.54 Å². The van der Waals surface area contributed by atoms with Gasteiger partial charge in [0.25, 0.3) is 0 Å². The molecule has 0 saturated carbocycles. The Morgan fingerprint density at radius 1 is 1.07 bits per heavy atom. The van der Waals surface area contributed by atoms with E-state index >= 15 is 0 Å². The molecule has 0 bridgehead atoms. The van der Waals surface area contributed by atoms with E-state index in [1.54, 1.807) is 12.1 Å². The summed E-state index contributed by atoms with van der Waals surface area (Å²) in [7, 11) is 0. The van der Waals surface area contributed by atoms with Crippen LogP contribution in [-0.2, 0) is 17.6 Å². The van der Waals surface area contributed by atoms with Crippen LogP contribution in [0.1, 0.15) is 37.0 Å². The number of nitrogens with zero attached hydrogens (tertiary/aromatic N) is 1. The number of aryl methyl sites for hydroxylation is 2. The molecule has 0 aliphatic carbocycles. The first-order valence-corrected chi connectivity index (χ1v) is 9.72. The first-order valence-electron chi connectivity index (χ1n) is 9.72. The van der Waals surface area contributed by atoms with Crippen LogP contribution in [0.4, 0.5) is 5.69 Å². The summed E-state index contributed by atoms with van der Waals surface area (Å²) in [4.78, 5) is 14.8. The largest absolute Gasteiger partial charge is 0.508 e. The highest BCUT2D eigenvalue weighted by molar-refractivity contribution is 5.94. The van der Waals surface area contributed by atoms with Gasteiger partial charge >= 0.3 is 0 Å². The summed E-state index contributed by atoms with van der Waals surface area (Å²) in [5.41, 5.74) is 5.79. The molecule has 0 aromatic heterocycles. The van der Waals surface area contributed by atoms with E-state index in [0.29, 0.717) is 6.54 Å². The predicted molar refractivity (Wildman–Crippen MR) is 111 cm³/mol. The molecule has 2 aromatic rings. The van der Waals surface area contributed by atoms with Crippen LogP contribution in [0.15, 0.2) is 48.5 Å². The monoisotopic (exact) mass is 364 g/mol. The Morgan fingerprint density at radius 3 is 2.30 bits per heavy atom. The van der Waals surface area contributed by atoms with Gasteiger partial charge in [-0.3, -0.25) is 9.69 Å². The SMILES string of the molecule is CCc1cccc(CC)c1NC(=O)CN1CC=C(c2ccc(O)cc2)CC1. The minimum Gasteiger partial charge on any atom is -0.508 e. The Hall–Kier alpha value is -2.59. The number of benzene rings is 2. The molecular formula is C23H28N2O2. The van der Waals surface area contributed by atoms with Gasteiger partial charge in [-0.1, -0.05) is 50.3 Å². The zero-order valence-corrected chi connectivity index (χ0v) is 16.2. The molecule has 2 aromatic carbocycles. The molecule has 4 heteroatoms. The zero-order valence-electron chi connectivity index (χ0n) is 16.2. The second-order valence-electron chi connectivity index (χ2n) is 6.97.